The van der Waals surface area contributed by atoms with Crippen molar-refractivity contribution in [3.05, 3.63) is 181 Å². The molecule has 5 aromatic carbocycles. The predicted octanol–water partition coefficient (Wildman–Crippen LogP) is 11.3. The van der Waals surface area contributed by atoms with Gasteiger partial charge >= 0.3 is 0 Å². The number of hydrogen-bond donors (Lipinski definition) is 0. The summed E-state index contributed by atoms with van der Waals surface area (Å²) in [5, 5.41) is 2.01. The van der Waals surface area contributed by atoms with Gasteiger partial charge in [0.1, 0.15) is 5.58 Å². The van der Waals surface area contributed by atoms with Gasteiger partial charge in [-0.25, -0.2) is 0 Å². The monoisotopic (exact) mass is 802 g/mol. The zero-order chi connectivity index (χ0) is 34.7. The van der Waals surface area contributed by atoms with E-state index in [4.69, 9.17) is 8.53 Å². The third-order valence-corrected chi connectivity index (χ3v) is 8.53. The number of benzene rings is 5. The summed E-state index contributed by atoms with van der Waals surface area (Å²) in [6, 6.07) is 52.3. The van der Waals surface area contributed by atoms with Crippen LogP contribution in [0.3, 0.4) is 0 Å². The number of nitrogens with zero attached hydrogens (tertiary/aromatic N) is 2. The zero-order valence-electron chi connectivity index (χ0n) is 29.6. The predicted molar refractivity (Wildman–Crippen MR) is 193 cm³/mol. The Balaban J connectivity index is 0.000000181. The van der Waals surface area contributed by atoms with Gasteiger partial charge in [0.05, 0.1) is 5.58 Å². The van der Waals surface area contributed by atoms with Gasteiger partial charge in [-0.2, -0.15) is 0 Å². The Labute approximate surface area is 299 Å². The number of rotatable bonds is 5. The molecule has 0 unspecified atom stereocenters. The number of aromatic nitrogens is 2. The minimum absolute atomic E-state index is 0. The van der Waals surface area contributed by atoms with Crippen LogP contribution in [0.1, 0.15) is 34.7 Å². The minimum Gasteiger partial charge on any atom is -0.501 e. The molecule has 4 heteroatoms. The summed E-state index contributed by atoms with van der Waals surface area (Å²) in [5.74, 6) is 0. The van der Waals surface area contributed by atoms with Crippen molar-refractivity contribution in [3.8, 4) is 33.6 Å². The first-order valence-electron chi connectivity index (χ1n) is 17.1. The number of hydrogen-bond acceptors (Lipinski definition) is 3. The van der Waals surface area contributed by atoms with Crippen LogP contribution in [-0.4, -0.2) is 9.97 Å². The molecule has 1 radical (unpaired) electrons. The fourth-order valence-electron chi connectivity index (χ4n) is 6.02. The molecule has 3 nitrogen and oxygen atoms in total. The van der Waals surface area contributed by atoms with Gasteiger partial charge in [-0.1, -0.05) is 122 Å². The Kier molecular flexibility index (Phi) is 8.65. The molecule has 8 aromatic rings. The van der Waals surface area contributed by atoms with Crippen LogP contribution in [-0.2, 0) is 25.5 Å². The maximum Gasteiger partial charge on any atom is 0.120 e. The van der Waals surface area contributed by atoms with Crippen molar-refractivity contribution in [2.24, 2.45) is 0 Å². The normalized spacial score (nSPS) is 12.2. The second-order valence-electron chi connectivity index (χ2n) is 11.8. The van der Waals surface area contributed by atoms with Crippen LogP contribution in [0.25, 0.3) is 55.6 Å². The van der Waals surface area contributed by atoms with Crippen molar-refractivity contribution in [2.75, 3.05) is 0 Å². The van der Waals surface area contributed by atoms with Crippen molar-refractivity contribution in [2.45, 2.75) is 26.1 Å². The van der Waals surface area contributed by atoms with Crippen LogP contribution in [0.5, 0.6) is 0 Å². The molecule has 48 heavy (non-hydrogen) atoms. The van der Waals surface area contributed by atoms with E-state index in [2.05, 4.69) is 72.3 Å². The van der Waals surface area contributed by atoms with Gasteiger partial charge in [0.15, 0.2) is 0 Å². The molecule has 0 saturated heterocycles. The van der Waals surface area contributed by atoms with E-state index in [1.54, 1.807) is 0 Å². The molecule has 0 bridgehead atoms. The smallest absolute Gasteiger partial charge is 0.120 e. The molecule has 0 N–H and O–H groups in total. The van der Waals surface area contributed by atoms with E-state index in [1.165, 1.54) is 17.3 Å². The molecular formula is C44H34IrN2O-2. The number of para-hydroxylation sites is 1. The summed E-state index contributed by atoms with van der Waals surface area (Å²) >= 11 is 0. The van der Waals surface area contributed by atoms with Gasteiger partial charge in [-0.05, 0) is 58.0 Å². The maximum absolute atomic E-state index is 7.91. The Morgan fingerprint density at radius 1 is 0.667 bits per heavy atom. The average Bonchev–Trinajstić information content (AvgIpc) is 3.55. The van der Waals surface area contributed by atoms with Crippen LogP contribution in [0.4, 0.5) is 0 Å². The molecule has 3 heterocycles. The van der Waals surface area contributed by atoms with Gasteiger partial charge in [0.25, 0.3) is 0 Å². The molecular weight excluding hydrogens is 765 g/mol. The second kappa shape index (κ2) is 14.3. The first-order chi connectivity index (χ1) is 24.2. The molecule has 0 aliphatic rings. The summed E-state index contributed by atoms with van der Waals surface area (Å²) in [4.78, 5) is 8.96. The SMILES string of the molecule is CC(C)(c1ccccc1)c1ccc[c-]c1-c1ccccn1.[2H]C([2H])([2H])c1cnc(-c2[c-]ccc3c2oc2ccccc23)cc1-c1ccccc1.[Ir]. The van der Waals surface area contributed by atoms with E-state index in [9.17, 15) is 0 Å². The van der Waals surface area contributed by atoms with Crippen LogP contribution >= 0.6 is 0 Å². The minimum atomic E-state index is -2.26. The van der Waals surface area contributed by atoms with E-state index >= 15 is 0 Å². The fourth-order valence-corrected chi connectivity index (χ4v) is 6.02. The Hall–Kier alpha value is -5.15. The summed E-state index contributed by atoms with van der Waals surface area (Å²) in [7, 11) is 0. The Morgan fingerprint density at radius 2 is 1.40 bits per heavy atom. The standard InChI is InChI=1S/C24H16NO.C20H18N.Ir/c1-16-15-25-22(14-21(16)17-8-3-2-4-9-17)20-12-7-11-19-18-10-5-6-13-23(18)26-24(19)20;1-20(2,16-10-4-3-5-11-16)18-13-7-6-12-17(18)19-14-8-9-15-21-19;/h2-11,13-15H,1H3;3-11,13-15H,1-2H3;/q2*-1;/i1D3;;. The molecule has 3 aromatic heterocycles. The molecule has 0 amide bonds. The molecule has 237 valence electrons. The van der Waals surface area contributed by atoms with Crippen LogP contribution < -0.4 is 0 Å². The van der Waals surface area contributed by atoms with Gasteiger partial charge in [0, 0.05) is 42.0 Å². The number of aryl methyl sites for hydroxylation is 1. The quantitative estimate of drug-likeness (QED) is 0.163. The van der Waals surface area contributed by atoms with Crippen molar-refractivity contribution in [1.29, 1.82) is 0 Å². The molecule has 0 aliphatic carbocycles. The number of fused-ring (bicyclic) bond motifs is 3. The van der Waals surface area contributed by atoms with Crippen LogP contribution in [0, 0.1) is 19.0 Å². The second-order valence-corrected chi connectivity index (χ2v) is 11.8. The van der Waals surface area contributed by atoms with Crippen LogP contribution in [0.15, 0.2) is 156 Å². The average molecular weight is 802 g/mol. The molecule has 0 atom stereocenters. The summed E-state index contributed by atoms with van der Waals surface area (Å²) in [6.45, 7) is 2.24. The van der Waals surface area contributed by atoms with Gasteiger partial charge in [-0.3, -0.25) is 0 Å². The third kappa shape index (κ3) is 6.51. The molecule has 0 fully saturated rings. The number of pyridine rings is 2. The van der Waals surface area contributed by atoms with Crippen molar-refractivity contribution >= 4 is 21.9 Å². The van der Waals surface area contributed by atoms with Gasteiger partial charge in [0.2, 0.25) is 0 Å². The van der Waals surface area contributed by atoms with Crippen molar-refractivity contribution in [1.82, 2.24) is 9.97 Å². The zero-order valence-corrected chi connectivity index (χ0v) is 29.0. The third-order valence-electron chi connectivity index (χ3n) is 8.53. The first-order valence-corrected chi connectivity index (χ1v) is 15.6. The van der Waals surface area contributed by atoms with E-state index in [0.717, 1.165) is 33.2 Å². The van der Waals surface area contributed by atoms with E-state index in [-0.39, 0.29) is 31.1 Å². The van der Waals surface area contributed by atoms with Crippen molar-refractivity contribution in [3.63, 3.8) is 0 Å². The molecule has 8 rings (SSSR count). The molecule has 0 saturated carbocycles. The largest absolute Gasteiger partial charge is 0.501 e. The fraction of sp³-hybridized carbons (Fsp3) is 0.0909. The number of furan rings is 1. The Morgan fingerprint density at radius 3 is 2.17 bits per heavy atom. The van der Waals surface area contributed by atoms with E-state index < -0.39 is 6.85 Å². The Bertz CT molecular complexity index is 2390. The summed E-state index contributed by atoms with van der Waals surface area (Å²) in [5.41, 5.74) is 9.02. The van der Waals surface area contributed by atoms with E-state index in [1.807, 2.05) is 109 Å². The first kappa shape index (κ1) is 29.0. The van der Waals surface area contributed by atoms with Crippen molar-refractivity contribution < 1.29 is 28.6 Å². The topological polar surface area (TPSA) is 38.9 Å². The maximum atomic E-state index is 7.91. The summed E-state index contributed by atoms with van der Waals surface area (Å²) < 4.78 is 29.8. The van der Waals surface area contributed by atoms with Gasteiger partial charge in [-0.15, -0.1) is 53.6 Å². The molecule has 0 spiro atoms. The van der Waals surface area contributed by atoms with Crippen LogP contribution in [0.2, 0.25) is 0 Å². The molecule has 0 aliphatic heterocycles. The van der Waals surface area contributed by atoms with Gasteiger partial charge < -0.3 is 14.4 Å². The van der Waals surface area contributed by atoms with E-state index in [0.29, 0.717) is 22.4 Å². The summed E-state index contributed by atoms with van der Waals surface area (Å²) in [6.07, 6.45) is 3.27.